The highest BCUT2D eigenvalue weighted by atomic mass is 16.3. The van der Waals surface area contributed by atoms with Crippen molar-refractivity contribution in [3.63, 3.8) is 0 Å². The second-order valence-electron chi connectivity index (χ2n) is 5.21. The van der Waals surface area contributed by atoms with Gasteiger partial charge in [-0.15, -0.1) is 0 Å². The van der Waals surface area contributed by atoms with Crippen LogP contribution in [0.25, 0.3) is 11.1 Å². The van der Waals surface area contributed by atoms with Gasteiger partial charge in [-0.05, 0) is 24.6 Å². The predicted molar refractivity (Wildman–Crippen MR) is 80.1 cm³/mol. The minimum atomic E-state index is 0.739. The Balaban J connectivity index is 1.72. The number of nitrogens with two attached hydrogens (primary N) is 1. The minimum Gasteiger partial charge on any atom is -0.441 e. The van der Waals surface area contributed by atoms with E-state index in [2.05, 4.69) is 11.9 Å². The van der Waals surface area contributed by atoms with Crippen LogP contribution in [0.1, 0.15) is 57.8 Å². The Morgan fingerprint density at radius 1 is 1.05 bits per heavy atom. The number of anilines is 1. The molecule has 0 saturated heterocycles. The third kappa shape index (κ3) is 4.27. The molecule has 0 amide bonds. The van der Waals surface area contributed by atoms with Crippen molar-refractivity contribution in [2.24, 2.45) is 0 Å². The molecule has 104 valence electrons. The maximum Gasteiger partial charge on any atom is 0.195 e. The second-order valence-corrected chi connectivity index (χ2v) is 5.21. The van der Waals surface area contributed by atoms with Crippen LogP contribution in [0.4, 0.5) is 5.69 Å². The number of aromatic nitrogens is 1. The molecule has 1 aromatic carbocycles. The van der Waals surface area contributed by atoms with Gasteiger partial charge in [-0.25, -0.2) is 4.98 Å². The Hall–Kier alpha value is -1.51. The number of fused-ring (bicyclic) bond motifs is 1. The summed E-state index contributed by atoms with van der Waals surface area (Å²) in [6.07, 6.45) is 10.1. The molecule has 0 aliphatic carbocycles. The summed E-state index contributed by atoms with van der Waals surface area (Å²) in [6.45, 7) is 2.25. The molecule has 0 spiro atoms. The van der Waals surface area contributed by atoms with Gasteiger partial charge in [0.05, 0.1) is 0 Å². The van der Waals surface area contributed by atoms with Gasteiger partial charge < -0.3 is 10.2 Å². The SMILES string of the molecule is CCCCCCCCCc1nc2cc(N)ccc2o1. The van der Waals surface area contributed by atoms with E-state index in [-0.39, 0.29) is 0 Å². The van der Waals surface area contributed by atoms with Gasteiger partial charge in [0, 0.05) is 12.1 Å². The van der Waals surface area contributed by atoms with Gasteiger partial charge in [-0.3, -0.25) is 0 Å². The molecule has 19 heavy (non-hydrogen) atoms. The lowest BCUT2D eigenvalue weighted by Gasteiger charge is -1.99. The van der Waals surface area contributed by atoms with Gasteiger partial charge in [-0.2, -0.15) is 0 Å². The zero-order valence-electron chi connectivity index (χ0n) is 11.8. The number of hydrogen-bond donors (Lipinski definition) is 1. The number of rotatable bonds is 8. The van der Waals surface area contributed by atoms with E-state index in [0.29, 0.717) is 0 Å². The van der Waals surface area contributed by atoms with Gasteiger partial charge in [0.2, 0.25) is 0 Å². The molecular weight excluding hydrogens is 236 g/mol. The van der Waals surface area contributed by atoms with E-state index >= 15 is 0 Å². The predicted octanol–water partition coefficient (Wildman–Crippen LogP) is 4.70. The van der Waals surface area contributed by atoms with E-state index in [4.69, 9.17) is 10.2 Å². The van der Waals surface area contributed by atoms with Crippen molar-refractivity contribution in [2.75, 3.05) is 5.73 Å². The first-order valence-corrected chi connectivity index (χ1v) is 7.44. The molecule has 3 heteroatoms. The third-order valence-corrected chi connectivity index (χ3v) is 3.45. The van der Waals surface area contributed by atoms with Crippen molar-refractivity contribution in [1.82, 2.24) is 4.98 Å². The zero-order chi connectivity index (χ0) is 13.5. The molecule has 2 aromatic rings. The van der Waals surface area contributed by atoms with Crippen LogP contribution in [-0.2, 0) is 6.42 Å². The molecule has 0 unspecified atom stereocenters. The normalized spacial score (nSPS) is 11.2. The van der Waals surface area contributed by atoms with E-state index in [0.717, 1.165) is 35.5 Å². The van der Waals surface area contributed by atoms with Crippen LogP contribution < -0.4 is 5.73 Å². The lowest BCUT2D eigenvalue weighted by atomic mass is 10.1. The van der Waals surface area contributed by atoms with Crippen LogP contribution in [0.2, 0.25) is 0 Å². The van der Waals surface area contributed by atoms with Crippen molar-refractivity contribution < 1.29 is 4.42 Å². The number of oxazole rings is 1. The molecule has 0 aliphatic heterocycles. The van der Waals surface area contributed by atoms with Crippen molar-refractivity contribution in [1.29, 1.82) is 0 Å². The van der Waals surface area contributed by atoms with Crippen molar-refractivity contribution in [2.45, 2.75) is 58.3 Å². The van der Waals surface area contributed by atoms with E-state index in [1.165, 1.54) is 38.5 Å². The highest BCUT2D eigenvalue weighted by Crippen LogP contribution is 2.19. The van der Waals surface area contributed by atoms with Crippen LogP contribution in [0.5, 0.6) is 0 Å². The first-order chi connectivity index (χ1) is 9.29. The Morgan fingerprint density at radius 2 is 1.79 bits per heavy atom. The quantitative estimate of drug-likeness (QED) is 0.552. The summed E-state index contributed by atoms with van der Waals surface area (Å²) in [5.41, 5.74) is 8.18. The van der Waals surface area contributed by atoms with Gasteiger partial charge in [-0.1, -0.05) is 45.4 Å². The summed E-state index contributed by atoms with van der Waals surface area (Å²) >= 11 is 0. The lowest BCUT2D eigenvalue weighted by molar-refractivity contribution is 0.504. The standard InChI is InChI=1S/C16H24N2O/c1-2-3-4-5-6-7-8-9-16-18-14-12-13(17)10-11-15(14)19-16/h10-12H,2-9,17H2,1H3. The van der Waals surface area contributed by atoms with E-state index in [1.54, 1.807) is 0 Å². The smallest absolute Gasteiger partial charge is 0.195 e. The fourth-order valence-corrected chi connectivity index (χ4v) is 2.33. The number of unbranched alkanes of at least 4 members (excludes halogenated alkanes) is 6. The van der Waals surface area contributed by atoms with Crippen molar-refractivity contribution >= 4 is 16.8 Å². The van der Waals surface area contributed by atoms with Crippen LogP contribution >= 0.6 is 0 Å². The molecule has 1 aromatic heterocycles. The van der Waals surface area contributed by atoms with Gasteiger partial charge in [0.25, 0.3) is 0 Å². The van der Waals surface area contributed by atoms with E-state index < -0.39 is 0 Å². The molecule has 0 atom stereocenters. The Kier molecular flexibility index (Phi) is 5.25. The minimum absolute atomic E-state index is 0.739. The van der Waals surface area contributed by atoms with Crippen molar-refractivity contribution in [3.05, 3.63) is 24.1 Å². The number of benzene rings is 1. The highest BCUT2D eigenvalue weighted by Gasteiger charge is 2.05. The largest absolute Gasteiger partial charge is 0.441 e. The molecule has 2 rings (SSSR count). The number of nitrogens with zero attached hydrogens (tertiary/aromatic N) is 1. The maximum absolute atomic E-state index is 5.73. The first kappa shape index (κ1) is 13.9. The fourth-order valence-electron chi connectivity index (χ4n) is 2.33. The molecule has 1 heterocycles. The van der Waals surface area contributed by atoms with Crippen LogP contribution in [-0.4, -0.2) is 4.98 Å². The Labute approximate surface area is 115 Å². The summed E-state index contributed by atoms with van der Waals surface area (Å²) in [5, 5.41) is 0. The average Bonchev–Trinajstić information content (AvgIpc) is 2.79. The summed E-state index contributed by atoms with van der Waals surface area (Å²) in [5.74, 6) is 0.842. The zero-order valence-corrected chi connectivity index (χ0v) is 11.8. The first-order valence-electron chi connectivity index (χ1n) is 7.44. The molecule has 0 radical (unpaired) electrons. The average molecular weight is 260 g/mol. The lowest BCUT2D eigenvalue weighted by Crippen LogP contribution is -1.86. The molecular formula is C16H24N2O. The summed E-state index contributed by atoms with van der Waals surface area (Å²) in [4.78, 5) is 4.47. The van der Waals surface area contributed by atoms with Gasteiger partial charge in [0.15, 0.2) is 11.5 Å². The fraction of sp³-hybridized carbons (Fsp3) is 0.562. The Bertz CT molecular complexity index is 504. The topological polar surface area (TPSA) is 52.0 Å². The highest BCUT2D eigenvalue weighted by molar-refractivity contribution is 5.76. The third-order valence-electron chi connectivity index (χ3n) is 3.45. The van der Waals surface area contributed by atoms with Gasteiger partial charge in [0.1, 0.15) is 5.52 Å². The monoisotopic (exact) mass is 260 g/mol. The van der Waals surface area contributed by atoms with Crippen molar-refractivity contribution in [3.8, 4) is 0 Å². The Morgan fingerprint density at radius 3 is 2.58 bits per heavy atom. The molecule has 3 nitrogen and oxygen atoms in total. The van der Waals surface area contributed by atoms with E-state index in [1.807, 2.05) is 18.2 Å². The summed E-state index contributed by atoms with van der Waals surface area (Å²) in [7, 11) is 0. The number of aryl methyl sites for hydroxylation is 1. The molecule has 2 N–H and O–H groups in total. The number of hydrogen-bond acceptors (Lipinski definition) is 3. The molecule has 0 saturated carbocycles. The van der Waals surface area contributed by atoms with E-state index in [9.17, 15) is 0 Å². The van der Waals surface area contributed by atoms with Crippen LogP contribution in [0.15, 0.2) is 22.6 Å². The van der Waals surface area contributed by atoms with Crippen LogP contribution in [0, 0.1) is 0 Å². The molecule has 0 bridgehead atoms. The maximum atomic E-state index is 5.73. The number of nitrogen functional groups attached to an aromatic ring is 1. The van der Waals surface area contributed by atoms with Gasteiger partial charge >= 0.3 is 0 Å². The van der Waals surface area contributed by atoms with Crippen LogP contribution in [0.3, 0.4) is 0 Å². The molecule has 0 fully saturated rings. The summed E-state index contributed by atoms with van der Waals surface area (Å²) < 4.78 is 5.70. The second kappa shape index (κ2) is 7.17. The molecule has 0 aliphatic rings. The summed E-state index contributed by atoms with van der Waals surface area (Å²) in [6, 6.07) is 5.62.